The van der Waals surface area contributed by atoms with Gasteiger partial charge in [0.2, 0.25) is 10.0 Å². The highest BCUT2D eigenvalue weighted by Crippen LogP contribution is 2.22. The first-order valence-electron chi connectivity index (χ1n) is 10.2. The van der Waals surface area contributed by atoms with Crippen molar-refractivity contribution in [1.82, 2.24) is 9.62 Å². The quantitative estimate of drug-likeness (QED) is 0.711. The summed E-state index contributed by atoms with van der Waals surface area (Å²) in [5, 5.41) is 5.44. The van der Waals surface area contributed by atoms with E-state index in [1.165, 1.54) is 28.6 Å². The van der Waals surface area contributed by atoms with Crippen LogP contribution in [0.25, 0.3) is 0 Å². The lowest BCUT2D eigenvalue weighted by molar-refractivity contribution is -0.0440. The van der Waals surface area contributed by atoms with Crippen molar-refractivity contribution in [1.29, 1.82) is 0 Å². The maximum absolute atomic E-state index is 12.9. The highest BCUT2D eigenvalue weighted by molar-refractivity contribution is 7.89. The zero-order chi connectivity index (χ0) is 22.6. The van der Waals surface area contributed by atoms with E-state index in [9.17, 15) is 18.0 Å². The number of nitrogens with one attached hydrogen (secondary N) is 2. The standard InChI is InChI=1S/C22H27N3O5S/c1-4-23-21(26)18-6-5-7-19(12-18)24-22(27)17-8-10-20(11-9-17)31(28,29)25-13-15(2)30-16(3)14-25/h5-12,15-16H,4,13-14H2,1-3H3,(H,23,26)(H,24,27)/t15-,16-/m0/s1. The Hall–Kier alpha value is -2.75. The molecule has 2 amide bonds. The third kappa shape index (κ3) is 5.49. The normalized spacial score (nSPS) is 19.6. The Kier molecular flexibility index (Phi) is 7.09. The second kappa shape index (κ2) is 9.59. The van der Waals surface area contributed by atoms with Gasteiger partial charge in [0.1, 0.15) is 0 Å². The predicted octanol–water partition coefficient (Wildman–Crippen LogP) is 2.49. The van der Waals surface area contributed by atoms with Crippen molar-refractivity contribution in [3.8, 4) is 0 Å². The van der Waals surface area contributed by atoms with Gasteiger partial charge in [-0.1, -0.05) is 6.07 Å². The average molecular weight is 446 g/mol. The maximum Gasteiger partial charge on any atom is 0.255 e. The van der Waals surface area contributed by atoms with Crippen LogP contribution in [-0.2, 0) is 14.8 Å². The summed E-state index contributed by atoms with van der Waals surface area (Å²) < 4.78 is 32.9. The number of morpholine rings is 1. The number of benzene rings is 2. The Bertz CT molecular complexity index is 1040. The molecule has 166 valence electrons. The molecule has 8 nitrogen and oxygen atoms in total. The Morgan fingerprint density at radius 2 is 1.65 bits per heavy atom. The maximum atomic E-state index is 12.9. The van der Waals surface area contributed by atoms with Crippen molar-refractivity contribution in [2.75, 3.05) is 25.0 Å². The van der Waals surface area contributed by atoms with E-state index < -0.39 is 15.9 Å². The fourth-order valence-corrected chi connectivity index (χ4v) is 5.05. The molecule has 9 heteroatoms. The summed E-state index contributed by atoms with van der Waals surface area (Å²) in [6, 6.07) is 12.4. The summed E-state index contributed by atoms with van der Waals surface area (Å²) in [5.74, 6) is -0.620. The minimum absolute atomic E-state index is 0.128. The minimum atomic E-state index is -3.67. The summed E-state index contributed by atoms with van der Waals surface area (Å²) >= 11 is 0. The van der Waals surface area contributed by atoms with Crippen LogP contribution < -0.4 is 10.6 Å². The van der Waals surface area contributed by atoms with Crippen LogP contribution in [0.4, 0.5) is 5.69 Å². The number of anilines is 1. The van der Waals surface area contributed by atoms with Gasteiger partial charge in [-0.3, -0.25) is 9.59 Å². The van der Waals surface area contributed by atoms with Crippen molar-refractivity contribution in [2.45, 2.75) is 37.9 Å². The van der Waals surface area contributed by atoms with Crippen molar-refractivity contribution in [2.24, 2.45) is 0 Å². The largest absolute Gasteiger partial charge is 0.373 e. The van der Waals surface area contributed by atoms with Crippen molar-refractivity contribution in [3.63, 3.8) is 0 Å². The molecular formula is C22H27N3O5S. The molecule has 0 saturated carbocycles. The average Bonchev–Trinajstić information content (AvgIpc) is 2.73. The summed E-state index contributed by atoms with van der Waals surface area (Å²) in [4.78, 5) is 24.7. The van der Waals surface area contributed by atoms with Crippen molar-refractivity contribution in [3.05, 3.63) is 59.7 Å². The second-order valence-corrected chi connectivity index (χ2v) is 9.44. The van der Waals surface area contributed by atoms with Gasteiger partial charge in [0.15, 0.2) is 0 Å². The molecule has 0 aromatic heterocycles. The fourth-order valence-electron chi connectivity index (χ4n) is 3.46. The lowest BCUT2D eigenvalue weighted by Crippen LogP contribution is -2.48. The van der Waals surface area contributed by atoms with Crippen LogP contribution in [-0.4, -0.2) is 56.4 Å². The van der Waals surface area contributed by atoms with Gasteiger partial charge in [0, 0.05) is 36.4 Å². The van der Waals surface area contributed by atoms with E-state index in [-0.39, 0.29) is 36.1 Å². The Morgan fingerprint density at radius 1 is 1.00 bits per heavy atom. The molecule has 0 spiro atoms. The van der Waals surface area contributed by atoms with Crippen LogP contribution in [0.5, 0.6) is 0 Å². The highest BCUT2D eigenvalue weighted by Gasteiger charge is 2.32. The number of ether oxygens (including phenoxy) is 1. The number of hydrogen-bond donors (Lipinski definition) is 2. The molecule has 2 aromatic carbocycles. The second-order valence-electron chi connectivity index (χ2n) is 7.50. The van der Waals surface area contributed by atoms with E-state index in [0.717, 1.165) is 0 Å². The molecule has 1 aliphatic heterocycles. The third-order valence-electron chi connectivity index (χ3n) is 4.86. The number of hydrogen-bond acceptors (Lipinski definition) is 5. The van der Waals surface area contributed by atoms with Crippen LogP contribution in [0.15, 0.2) is 53.4 Å². The zero-order valence-electron chi connectivity index (χ0n) is 17.8. The van der Waals surface area contributed by atoms with Gasteiger partial charge in [-0.05, 0) is 63.2 Å². The molecule has 0 aliphatic carbocycles. The molecule has 31 heavy (non-hydrogen) atoms. The molecule has 1 fully saturated rings. The van der Waals surface area contributed by atoms with Gasteiger partial charge < -0.3 is 15.4 Å². The molecule has 1 heterocycles. The topological polar surface area (TPSA) is 105 Å². The van der Waals surface area contributed by atoms with E-state index in [4.69, 9.17) is 4.74 Å². The first-order chi connectivity index (χ1) is 14.7. The SMILES string of the molecule is CCNC(=O)c1cccc(NC(=O)c2ccc(S(=O)(=O)N3C[C@H](C)O[C@@H](C)C3)cc2)c1. The smallest absolute Gasteiger partial charge is 0.255 e. The summed E-state index contributed by atoms with van der Waals surface area (Å²) in [5.41, 5.74) is 1.22. The van der Waals surface area contributed by atoms with Crippen LogP contribution in [0.2, 0.25) is 0 Å². The molecule has 0 bridgehead atoms. The molecule has 1 saturated heterocycles. The van der Waals surface area contributed by atoms with Crippen molar-refractivity contribution >= 4 is 27.5 Å². The number of sulfonamides is 1. The van der Waals surface area contributed by atoms with Crippen molar-refractivity contribution < 1.29 is 22.7 Å². The van der Waals surface area contributed by atoms with E-state index in [0.29, 0.717) is 23.4 Å². The number of nitrogens with zero attached hydrogens (tertiary/aromatic N) is 1. The molecular weight excluding hydrogens is 418 g/mol. The fraction of sp³-hybridized carbons (Fsp3) is 0.364. The highest BCUT2D eigenvalue weighted by atomic mass is 32.2. The Labute approximate surface area is 182 Å². The van der Waals surface area contributed by atoms with Gasteiger partial charge >= 0.3 is 0 Å². The van der Waals surface area contributed by atoms with Gasteiger partial charge in [0.05, 0.1) is 17.1 Å². The Balaban J connectivity index is 1.72. The molecule has 2 aromatic rings. The Morgan fingerprint density at radius 3 is 2.26 bits per heavy atom. The third-order valence-corrected chi connectivity index (χ3v) is 6.71. The monoisotopic (exact) mass is 445 g/mol. The molecule has 3 rings (SSSR count). The van der Waals surface area contributed by atoms with Crippen LogP contribution in [0.1, 0.15) is 41.5 Å². The predicted molar refractivity (Wildman–Crippen MR) is 118 cm³/mol. The minimum Gasteiger partial charge on any atom is -0.373 e. The van der Waals surface area contributed by atoms with Crippen LogP contribution in [0.3, 0.4) is 0 Å². The molecule has 2 N–H and O–H groups in total. The van der Waals surface area contributed by atoms with Gasteiger partial charge in [0.25, 0.3) is 11.8 Å². The summed E-state index contributed by atoms with van der Waals surface area (Å²) in [6.45, 7) is 6.59. The molecule has 1 aliphatic rings. The zero-order valence-corrected chi connectivity index (χ0v) is 18.6. The first kappa shape index (κ1) is 22.9. The lowest BCUT2D eigenvalue weighted by atomic mass is 10.1. The van der Waals surface area contributed by atoms with Gasteiger partial charge in [-0.25, -0.2) is 8.42 Å². The number of amides is 2. The van der Waals surface area contributed by atoms with E-state index in [1.54, 1.807) is 24.3 Å². The van der Waals surface area contributed by atoms with Crippen LogP contribution in [0, 0.1) is 0 Å². The number of carbonyl (C=O) groups excluding carboxylic acids is 2. The van der Waals surface area contributed by atoms with Crippen LogP contribution >= 0.6 is 0 Å². The molecule has 0 radical (unpaired) electrons. The van der Waals surface area contributed by atoms with Gasteiger partial charge in [-0.2, -0.15) is 4.31 Å². The first-order valence-corrected chi connectivity index (χ1v) is 11.6. The number of carbonyl (C=O) groups is 2. The lowest BCUT2D eigenvalue weighted by Gasteiger charge is -2.34. The van der Waals surface area contributed by atoms with E-state index in [1.807, 2.05) is 20.8 Å². The van der Waals surface area contributed by atoms with Gasteiger partial charge in [-0.15, -0.1) is 0 Å². The number of rotatable bonds is 6. The van der Waals surface area contributed by atoms with E-state index in [2.05, 4.69) is 10.6 Å². The molecule has 0 unspecified atom stereocenters. The van der Waals surface area contributed by atoms with E-state index >= 15 is 0 Å². The summed E-state index contributed by atoms with van der Waals surface area (Å²) in [7, 11) is -3.67. The molecule has 2 atom stereocenters. The summed E-state index contributed by atoms with van der Waals surface area (Å²) in [6.07, 6.45) is -0.363.